The van der Waals surface area contributed by atoms with Gasteiger partial charge in [-0.25, -0.2) is 0 Å². The molecule has 23 heavy (non-hydrogen) atoms. The molecule has 1 aliphatic rings. The van der Waals surface area contributed by atoms with E-state index in [0.29, 0.717) is 6.17 Å². The fourth-order valence-corrected chi connectivity index (χ4v) is 14.2. The van der Waals surface area contributed by atoms with Crippen LogP contribution in [-0.2, 0) is 0 Å². The highest BCUT2D eigenvalue weighted by atomic mass is 28.4. The minimum absolute atomic E-state index is 0.201. The lowest BCUT2D eigenvalue weighted by molar-refractivity contribution is 0.0925. The third kappa shape index (κ3) is 3.79. The van der Waals surface area contributed by atoms with Crippen molar-refractivity contribution in [1.29, 1.82) is 0 Å². The van der Waals surface area contributed by atoms with E-state index in [9.17, 15) is 0 Å². The normalized spacial score (nSPS) is 23.9. The van der Waals surface area contributed by atoms with Crippen LogP contribution in [0.3, 0.4) is 0 Å². The van der Waals surface area contributed by atoms with Gasteiger partial charge in [0, 0.05) is 17.6 Å². The van der Waals surface area contributed by atoms with Gasteiger partial charge < -0.3 is 4.23 Å². The molecule has 1 rings (SSSR count). The van der Waals surface area contributed by atoms with Crippen LogP contribution in [-0.4, -0.2) is 67.4 Å². The number of hydrogen-bond donors (Lipinski definition) is 0. The number of nitrogens with zero attached hydrogens (tertiary/aromatic N) is 3. The maximum Gasteiger partial charge on any atom is 0.112 e. The molecule has 3 nitrogen and oxygen atoms in total. The SMILES string of the molecule is CCN1C(CN([Si](C)(C)C)[Si](C)(C)C)N(CC)C(C)(C)C1(C)C. The van der Waals surface area contributed by atoms with Crippen LogP contribution in [0.4, 0.5) is 0 Å². The Labute approximate surface area is 148 Å². The van der Waals surface area contributed by atoms with E-state index >= 15 is 0 Å². The topological polar surface area (TPSA) is 9.72 Å². The lowest BCUT2D eigenvalue weighted by atomic mass is 9.82. The van der Waals surface area contributed by atoms with E-state index in [4.69, 9.17) is 0 Å². The Morgan fingerprint density at radius 1 is 0.739 bits per heavy atom. The standard InChI is InChI=1S/C18H43N3Si2/c1-13-19-16(15-21(22(7,8)9)23(10,11)12)20(14-2)18(5,6)17(19,3)4/h16H,13-15H2,1-12H3. The molecule has 0 spiro atoms. The number of likely N-dealkylation sites (N-methyl/N-ethyl adjacent to an activating group) is 2. The van der Waals surface area contributed by atoms with Gasteiger partial charge in [-0.15, -0.1) is 0 Å². The van der Waals surface area contributed by atoms with E-state index in [2.05, 4.69) is 94.9 Å². The van der Waals surface area contributed by atoms with Crippen molar-refractivity contribution in [3.8, 4) is 0 Å². The van der Waals surface area contributed by atoms with Crippen molar-refractivity contribution in [2.75, 3.05) is 19.6 Å². The van der Waals surface area contributed by atoms with Crippen LogP contribution >= 0.6 is 0 Å². The van der Waals surface area contributed by atoms with Crippen LogP contribution in [0.1, 0.15) is 41.5 Å². The highest BCUT2D eigenvalue weighted by Gasteiger charge is 2.57. The smallest absolute Gasteiger partial charge is 0.112 e. The second kappa shape index (κ2) is 6.56. The first-order chi connectivity index (χ1) is 10.1. The molecule has 0 aliphatic carbocycles. The Balaban J connectivity index is 3.27. The van der Waals surface area contributed by atoms with Crippen LogP contribution in [0.2, 0.25) is 39.3 Å². The molecule has 0 radical (unpaired) electrons. The summed E-state index contributed by atoms with van der Waals surface area (Å²) in [5.41, 5.74) is 0.403. The Kier molecular flexibility index (Phi) is 6.09. The summed E-state index contributed by atoms with van der Waals surface area (Å²) in [5.74, 6) is 0. The van der Waals surface area contributed by atoms with Crippen LogP contribution in [0.25, 0.3) is 0 Å². The zero-order valence-electron chi connectivity index (χ0n) is 18.0. The van der Waals surface area contributed by atoms with E-state index in [1.807, 2.05) is 0 Å². The fraction of sp³-hybridized carbons (Fsp3) is 1.00. The maximum atomic E-state index is 2.95. The molecule has 0 amide bonds. The first-order valence-corrected chi connectivity index (χ1v) is 16.3. The van der Waals surface area contributed by atoms with E-state index < -0.39 is 16.5 Å². The summed E-state index contributed by atoms with van der Waals surface area (Å²) in [7, 11) is -2.65. The zero-order valence-corrected chi connectivity index (χ0v) is 20.0. The third-order valence-corrected chi connectivity index (χ3v) is 13.9. The van der Waals surface area contributed by atoms with Crippen LogP contribution in [0.15, 0.2) is 0 Å². The molecule has 5 heteroatoms. The molecule has 138 valence electrons. The summed E-state index contributed by atoms with van der Waals surface area (Å²) < 4.78 is 2.95. The summed E-state index contributed by atoms with van der Waals surface area (Å²) in [5, 5.41) is 0. The van der Waals surface area contributed by atoms with Gasteiger partial charge in [0.15, 0.2) is 0 Å². The molecule has 1 heterocycles. The molecule has 0 saturated carbocycles. The van der Waals surface area contributed by atoms with Gasteiger partial charge >= 0.3 is 0 Å². The minimum Gasteiger partial charge on any atom is -0.343 e. The van der Waals surface area contributed by atoms with Crippen LogP contribution in [0.5, 0.6) is 0 Å². The monoisotopic (exact) mass is 357 g/mol. The fourth-order valence-electron chi connectivity index (χ4n) is 4.74. The van der Waals surface area contributed by atoms with Crippen molar-refractivity contribution in [3.05, 3.63) is 0 Å². The summed E-state index contributed by atoms with van der Waals surface area (Å²) in [6.07, 6.45) is 0.536. The first kappa shape index (κ1) is 21.4. The van der Waals surface area contributed by atoms with E-state index in [1.54, 1.807) is 0 Å². The Bertz CT molecular complexity index is 371. The molecule has 0 aromatic carbocycles. The van der Waals surface area contributed by atoms with Gasteiger partial charge in [-0.1, -0.05) is 53.1 Å². The maximum absolute atomic E-state index is 2.95. The highest BCUT2D eigenvalue weighted by Crippen LogP contribution is 2.43. The summed E-state index contributed by atoms with van der Waals surface area (Å²) in [6.45, 7) is 33.0. The lowest BCUT2D eigenvalue weighted by Crippen LogP contribution is -2.64. The largest absolute Gasteiger partial charge is 0.343 e. The Morgan fingerprint density at radius 2 is 1.04 bits per heavy atom. The van der Waals surface area contributed by atoms with Gasteiger partial charge in [0.1, 0.15) is 16.5 Å². The molecular weight excluding hydrogens is 314 g/mol. The Morgan fingerprint density at radius 3 is 1.26 bits per heavy atom. The molecule has 1 aliphatic heterocycles. The summed E-state index contributed by atoms with van der Waals surface area (Å²) in [6, 6.07) is 0. The molecular formula is C18H43N3Si2. The van der Waals surface area contributed by atoms with Crippen molar-refractivity contribution in [2.45, 2.75) is 98.1 Å². The Hall–Kier alpha value is 0.314. The third-order valence-electron chi connectivity index (χ3n) is 6.30. The van der Waals surface area contributed by atoms with Crippen molar-refractivity contribution in [1.82, 2.24) is 14.0 Å². The van der Waals surface area contributed by atoms with Crippen molar-refractivity contribution in [3.63, 3.8) is 0 Å². The quantitative estimate of drug-likeness (QED) is 0.648. The molecule has 0 bridgehead atoms. The average Bonchev–Trinajstić information content (AvgIpc) is 2.46. The van der Waals surface area contributed by atoms with E-state index in [1.165, 1.54) is 6.54 Å². The van der Waals surface area contributed by atoms with Crippen LogP contribution < -0.4 is 0 Å². The molecule has 1 saturated heterocycles. The summed E-state index contributed by atoms with van der Waals surface area (Å²) >= 11 is 0. The molecule has 0 N–H and O–H groups in total. The predicted octanol–water partition coefficient (Wildman–Crippen LogP) is 4.50. The van der Waals surface area contributed by atoms with E-state index in [-0.39, 0.29) is 11.1 Å². The van der Waals surface area contributed by atoms with Crippen LogP contribution in [0, 0.1) is 0 Å². The number of rotatable bonds is 6. The lowest BCUT2D eigenvalue weighted by Gasteiger charge is -2.47. The highest BCUT2D eigenvalue weighted by molar-refractivity contribution is 6.89. The average molecular weight is 358 g/mol. The van der Waals surface area contributed by atoms with E-state index in [0.717, 1.165) is 13.1 Å². The molecule has 1 fully saturated rings. The van der Waals surface area contributed by atoms with Gasteiger partial charge in [-0.2, -0.15) is 0 Å². The van der Waals surface area contributed by atoms with Gasteiger partial charge in [-0.3, -0.25) is 9.80 Å². The molecule has 0 aromatic heterocycles. The van der Waals surface area contributed by atoms with Gasteiger partial charge in [0.25, 0.3) is 0 Å². The molecule has 0 unspecified atom stereocenters. The zero-order chi connectivity index (χ0) is 18.4. The summed E-state index contributed by atoms with van der Waals surface area (Å²) in [4.78, 5) is 5.51. The molecule has 0 aromatic rings. The van der Waals surface area contributed by atoms with Crippen molar-refractivity contribution < 1.29 is 0 Å². The second-order valence-electron chi connectivity index (χ2n) is 10.1. The first-order valence-electron chi connectivity index (χ1n) is 9.43. The van der Waals surface area contributed by atoms with Gasteiger partial charge in [0.05, 0.1) is 6.17 Å². The number of hydrogen-bond acceptors (Lipinski definition) is 3. The predicted molar refractivity (Wildman–Crippen MR) is 110 cm³/mol. The van der Waals surface area contributed by atoms with Crippen molar-refractivity contribution in [2.24, 2.45) is 0 Å². The second-order valence-corrected chi connectivity index (χ2v) is 20.3. The van der Waals surface area contributed by atoms with Crippen molar-refractivity contribution >= 4 is 16.5 Å². The minimum atomic E-state index is -1.33. The van der Waals surface area contributed by atoms with Gasteiger partial charge in [-0.05, 0) is 40.8 Å². The van der Waals surface area contributed by atoms with Gasteiger partial charge in [0.2, 0.25) is 0 Å². The molecule has 0 atom stereocenters.